The van der Waals surface area contributed by atoms with Crippen molar-refractivity contribution in [3.8, 4) is 0 Å². The third-order valence-corrected chi connectivity index (χ3v) is 5.53. The Morgan fingerprint density at radius 1 is 1.15 bits per heavy atom. The molecule has 2 N–H and O–H groups in total. The van der Waals surface area contributed by atoms with Crippen LogP contribution in [0.4, 0.5) is 0 Å². The quantitative estimate of drug-likeness (QED) is 0.859. The minimum atomic E-state index is 0.419. The molecule has 1 aliphatic heterocycles. The second-order valence-electron chi connectivity index (χ2n) is 8.30. The highest BCUT2D eigenvalue weighted by Crippen LogP contribution is 2.38. The van der Waals surface area contributed by atoms with Gasteiger partial charge in [-0.05, 0) is 76.5 Å². The SMILES string of the molecule is CN1CCC(CN(C)CC2CC(C)(C)CCC2N)CC1. The molecule has 20 heavy (non-hydrogen) atoms. The zero-order valence-electron chi connectivity index (χ0n) is 14.1. The molecule has 0 spiro atoms. The molecule has 1 saturated carbocycles. The fourth-order valence-electron chi connectivity index (χ4n) is 4.12. The molecule has 2 atom stereocenters. The molecular formula is C17H35N3. The highest BCUT2D eigenvalue weighted by Gasteiger charge is 2.33. The summed E-state index contributed by atoms with van der Waals surface area (Å²) in [4.78, 5) is 5.01. The van der Waals surface area contributed by atoms with Crippen LogP contribution in [0.25, 0.3) is 0 Å². The van der Waals surface area contributed by atoms with Gasteiger partial charge in [0.1, 0.15) is 0 Å². The van der Waals surface area contributed by atoms with Crippen LogP contribution in [0, 0.1) is 17.3 Å². The molecule has 2 fully saturated rings. The van der Waals surface area contributed by atoms with E-state index in [1.54, 1.807) is 0 Å². The molecule has 3 nitrogen and oxygen atoms in total. The van der Waals surface area contributed by atoms with Gasteiger partial charge in [0.25, 0.3) is 0 Å². The van der Waals surface area contributed by atoms with Crippen LogP contribution in [0.15, 0.2) is 0 Å². The lowest BCUT2D eigenvalue weighted by Crippen LogP contribution is -2.45. The second kappa shape index (κ2) is 6.76. The second-order valence-corrected chi connectivity index (χ2v) is 8.30. The van der Waals surface area contributed by atoms with E-state index in [4.69, 9.17) is 5.73 Å². The van der Waals surface area contributed by atoms with Gasteiger partial charge in [-0.15, -0.1) is 0 Å². The van der Waals surface area contributed by atoms with Crippen molar-refractivity contribution < 1.29 is 0 Å². The third-order valence-electron chi connectivity index (χ3n) is 5.53. The van der Waals surface area contributed by atoms with Crippen molar-refractivity contribution in [3.63, 3.8) is 0 Å². The van der Waals surface area contributed by atoms with Gasteiger partial charge >= 0.3 is 0 Å². The number of likely N-dealkylation sites (tertiary alicyclic amines) is 1. The number of hydrogen-bond donors (Lipinski definition) is 1. The first kappa shape index (κ1) is 16.3. The Morgan fingerprint density at radius 3 is 2.45 bits per heavy atom. The number of piperidine rings is 1. The van der Waals surface area contributed by atoms with Crippen LogP contribution >= 0.6 is 0 Å². The minimum Gasteiger partial charge on any atom is -0.327 e. The first-order valence-electron chi connectivity index (χ1n) is 8.48. The molecule has 1 saturated heterocycles. The average Bonchev–Trinajstić information content (AvgIpc) is 2.36. The van der Waals surface area contributed by atoms with Crippen LogP contribution in [0.3, 0.4) is 0 Å². The lowest BCUT2D eigenvalue weighted by atomic mass is 9.70. The molecule has 2 rings (SSSR count). The molecule has 0 aromatic rings. The fraction of sp³-hybridized carbons (Fsp3) is 1.00. The van der Waals surface area contributed by atoms with Crippen molar-refractivity contribution in [2.24, 2.45) is 23.0 Å². The summed E-state index contributed by atoms with van der Waals surface area (Å²) in [6.07, 6.45) is 6.53. The van der Waals surface area contributed by atoms with E-state index in [2.05, 4.69) is 37.7 Å². The van der Waals surface area contributed by atoms with Crippen molar-refractivity contribution in [2.75, 3.05) is 40.3 Å². The van der Waals surface area contributed by atoms with E-state index in [1.807, 2.05) is 0 Å². The molecule has 0 amide bonds. The zero-order valence-corrected chi connectivity index (χ0v) is 14.1. The molecule has 0 radical (unpaired) electrons. The van der Waals surface area contributed by atoms with Gasteiger partial charge in [0.2, 0.25) is 0 Å². The smallest absolute Gasteiger partial charge is 0.00797 e. The summed E-state index contributed by atoms with van der Waals surface area (Å²) in [7, 11) is 4.54. The van der Waals surface area contributed by atoms with Gasteiger partial charge in [-0.1, -0.05) is 13.8 Å². The number of nitrogens with zero attached hydrogens (tertiary/aromatic N) is 2. The summed E-state index contributed by atoms with van der Waals surface area (Å²) in [6.45, 7) is 9.81. The van der Waals surface area contributed by atoms with Gasteiger partial charge in [-0.3, -0.25) is 0 Å². The maximum Gasteiger partial charge on any atom is 0.00797 e. The molecule has 2 unspecified atom stereocenters. The average molecular weight is 281 g/mol. The van der Waals surface area contributed by atoms with Crippen molar-refractivity contribution in [2.45, 2.75) is 52.0 Å². The molecule has 1 heterocycles. The Labute approximate surface area is 125 Å². The predicted octanol–water partition coefficient (Wildman–Crippen LogP) is 2.41. The lowest BCUT2D eigenvalue weighted by molar-refractivity contribution is 0.108. The van der Waals surface area contributed by atoms with Crippen LogP contribution < -0.4 is 5.73 Å². The van der Waals surface area contributed by atoms with Gasteiger partial charge in [0, 0.05) is 19.1 Å². The molecule has 2 aliphatic rings. The van der Waals surface area contributed by atoms with Crippen LogP contribution in [-0.2, 0) is 0 Å². The van der Waals surface area contributed by atoms with E-state index in [9.17, 15) is 0 Å². The first-order valence-corrected chi connectivity index (χ1v) is 8.48. The van der Waals surface area contributed by atoms with E-state index in [0.29, 0.717) is 17.4 Å². The Hall–Kier alpha value is -0.120. The molecule has 118 valence electrons. The highest BCUT2D eigenvalue weighted by atomic mass is 15.1. The van der Waals surface area contributed by atoms with Crippen molar-refractivity contribution >= 4 is 0 Å². The Morgan fingerprint density at radius 2 is 1.80 bits per heavy atom. The van der Waals surface area contributed by atoms with Gasteiger partial charge in [0.05, 0.1) is 0 Å². The Kier molecular flexibility index (Phi) is 5.49. The Bertz CT molecular complexity index is 295. The van der Waals surface area contributed by atoms with Crippen molar-refractivity contribution in [3.05, 3.63) is 0 Å². The summed E-state index contributed by atoms with van der Waals surface area (Å²) in [6, 6.07) is 0.419. The standard InChI is InChI=1S/C17H35N3/c1-17(2)8-5-16(18)15(11-17)13-20(4)12-14-6-9-19(3)10-7-14/h14-16H,5-13,18H2,1-4H3. The third kappa shape index (κ3) is 4.71. The van der Waals surface area contributed by atoms with Crippen LogP contribution in [0.1, 0.15) is 46.0 Å². The van der Waals surface area contributed by atoms with E-state index in [0.717, 1.165) is 5.92 Å². The summed E-state index contributed by atoms with van der Waals surface area (Å²) in [5.74, 6) is 1.58. The van der Waals surface area contributed by atoms with Crippen LogP contribution in [0.2, 0.25) is 0 Å². The van der Waals surface area contributed by atoms with Gasteiger partial charge in [0.15, 0.2) is 0 Å². The van der Waals surface area contributed by atoms with Gasteiger partial charge < -0.3 is 15.5 Å². The van der Waals surface area contributed by atoms with Gasteiger partial charge in [-0.2, -0.15) is 0 Å². The zero-order chi connectivity index (χ0) is 14.8. The summed E-state index contributed by atoms with van der Waals surface area (Å²) in [5.41, 5.74) is 6.86. The predicted molar refractivity (Wildman–Crippen MR) is 86.8 cm³/mol. The Balaban J connectivity index is 1.77. The van der Waals surface area contributed by atoms with Crippen LogP contribution in [-0.4, -0.2) is 56.1 Å². The maximum atomic E-state index is 6.37. The molecule has 3 heteroatoms. The number of rotatable bonds is 4. The lowest BCUT2D eigenvalue weighted by Gasteiger charge is -2.41. The minimum absolute atomic E-state index is 0.419. The van der Waals surface area contributed by atoms with Crippen molar-refractivity contribution in [1.82, 2.24) is 9.80 Å². The molecule has 1 aliphatic carbocycles. The largest absolute Gasteiger partial charge is 0.327 e. The maximum absolute atomic E-state index is 6.37. The summed E-state index contributed by atoms with van der Waals surface area (Å²) < 4.78 is 0. The molecule has 0 aromatic heterocycles. The van der Waals surface area contributed by atoms with Crippen molar-refractivity contribution in [1.29, 1.82) is 0 Å². The molecule has 0 bridgehead atoms. The van der Waals surface area contributed by atoms with E-state index in [-0.39, 0.29) is 0 Å². The topological polar surface area (TPSA) is 32.5 Å². The monoisotopic (exact) mass is 281 g/mol. The highest BCUT2D eigenvalue weighted by molar-refractivity contribution is 4.88. The van der Waals surface area contributed by atoms with E-state index in [1.165, 1.54) is 58.3 Å². The molecule has 0 aromatic carbocycles. The number of nitrogens with two attached hydrogens (primary N) is 1. The van der Waals surface area contributed by atoms with E-state index >= 15 is 0 Å². The molecular weight excluding hydrogens is 246 g/mol. The fourth-order valence-corrected chi connectivity index (χ4v) is 4.12. The van der Waals surface area contributed by atoms with E-state index < -0.39 is 0 Å². The van der Waals surface area contributed by atoms with Crippen LogP contribution in [0.5, 0.6) is 0 Å². The summed E-state index contributed by atoms with van der Waals surface area (Å²) >= 11 is 0. The van der Waals surface area contributed by atoms with Gasteiger partial charge in [-0.25, -0.2) is 0 Å². The normalized spacial score (nSPS) is 32.7. The first-order chi connectivity index (χ1) is 9.35. The number of hydrogen-bond acceptors (Lipinski definition) is 3. The summed E-state index contributed by atoms with van der Waals surface area (Å²) in [5, 5.41) is 0.